The van der Waals surface area contributed by atoms with Crippen molar-refractivity contribution in [1.82, 2.24) is 20.6 Å². The molecule has 0 radical (unpaired) electrons. The molecular formula is C14H13BrN4O3. The number of nitrogens with one attached hydrogen (secondary N) is 2. The summed E-state index contributed by atoms with van der Waals surface area (Å²) in [5.74, 6) is -0.309. The summed E-state index contributed by atoms with van der Waals surface area (Å²) in [5, 5.41) is 5.22. The zero-order valence-electron chi connectivity index (χ0n) is 11.5. The van der Waals surface area contributed by atoms with Gasteiger partial charge in [0.2, 0.25) is 5.88 Å². The first-order chi connectivity index (χ1) is 10.6. The van der Waals surface area contributed by atoms with Crippen LogP contribution in [0.15, 0.2) is 41.7 Å². The summed E-state index contributed by atoms with van der Waals surface area (Å²) in [6, 6.07) is 4.83. The first-order valence-electron chi connectivity index (χ1n) is 6.32. The predicted octanol–water partition coefficient (Wildman–Crippen LogP) is 1.78. The van der Waals surface area contributed by atoms with Gasteiger partial charge in [-0.2, -0.15) is 0 Å². The Hall–Kier alpha value is -2.48. The van der Waals surface area contributed by atoms with Crippen LogP contribution in [0.2, 0.25) is 0 Å². The smallest absolute Gasteiger partial charge is 0.321 e. The summed E-state index contributed by atoms with van der Waals surface area (Å²) in [4.78, 5) is 31.0. The average molecular weight is 365 g/mol. The van der Waals surface area contributed by atoms with Crippen molar-refractivity contribution >= 4 is 38.8 Å². The van der Waals surface area contributed by atoms with Crippen LogP contribution in [0, 0.1) is 0 Å². The van der Waals surface area contributed by atoms with Gasteiger partial charge in [0.1, 0.15) is 6.33 Å². The summed E-state index contributed by atoms with van der Waals surface area (Å²) in [6.07, 6.45) is 2.85. The van der Waals surface area contributed by atoms with Gasteiger partial charge in [-0.25, -0.2) is 14.8 Å². The molecule has 0 fully saturated rings. The van der Waals surface area contributed by atoms with Crippen molar-refractivity contribution in [3.63, 3.8) is 0 Å². The largest absolute Gasteiger partial charge is 0.467 e. The highest BCUT2D eigenvalue weighted by molar-refractivity contribution is 9.10. The van der Waals surface area contributed by atoms with Crippen LogP contribution in [0.25, 0.3) is 10.9 Å². The summed E-state index contributed by atoms with van der Waals surface area (Å²) in [6.45, 7) is 3.39. The van der Waals surface area contributed by atoms with Gasteiger partial charge < -0.3 is 10.1 Å². The quantitative estimate of drug-likeness (QED) is 0.788. The minimum Gasteiger partial charge on any atom is -0.467 e. The van der Waals surface area contributed by atoms with Gasteiger partial charge in [0.25, 0.3) is 5.91 Å². The van der Waals surface area contributed by atoms with Gasteiger partial charge in [-0.05, 0) is 18.2 Å². The molecular weight excluding hydrogens is 352 g/mol. The zero-order chi connectivity index (χ0) is 15.9. The molecule has 2 N–H and O–H groups in total. The minimum absolute atomic E-state index is 0.268. The second-order valence-electron chi connectivity index (χ2n) is 4.18. The molecule has 0 atom stereocenters. The molecule has 8 heteroatoms. The highest BCUT2D eigenvalue weighted by Crippen LogP contribution is 2.24. The molecule has 2 aromatic rings. The molecule has 7 nitrogen and oxygen atoms in total. The van der Waals surface area contributed by atoms with Crippen molar-refractivity contribution in [2.45, 2.75) is 0 Å². The van der Waals surface area contributed by atoms with Crippen LogP contribution in [0.4, 0.5) is 4.79 Å². The molecule has 2 rings (SSSR count). The number of urea groups is 1. The number of halogens is 1. The molecule has 3 amide bonds. The number of ether oxygens (including phenoxy) is 1. The van der Waals surface area contributed by atoms with Crippen LogP contribution in [-0.4, -0.2) is 35.1 Å². The third-order valence-electron chi connectivity index (χ3n) is 2.56. The second kappa shape index (κ2) is 7.51. The molecule has 114 valence electrons. The van der Waals surface area contributed by atoms with E-state index in [-0.39, 0.29) is 19.0 Å². The number of hydrogen-bond donors (Lipinski definition) is 2. The fraction of sp³-hybridized carbons (Fsp3) is 0.143. The third kappa shape index (κ3) is 4.26. The van der Waals surface area contributed by atoms with Crippen molar-refractivity contribution in [1.29, 1.82) is 0 Å². The van der Waals surface area contributed by atoms with Gasteiger partial charge in [0, 0.05) is 11.0 Å². The van der Waals surface area contributed by atoms with E-state index in [1.54, 1.807) is 12.1 Å². The van der Waals surface area contributed by atoms with Gasteiger partial charge in [-0.15, -0.1) is 6.58 Å². The van der Waals surface area contributed by atoms with Crippen LogP contribution in [0.1, 0.15) is 0 Å². The fourth-order valence-corrected chi connectivity index (χ4v) is 1.99. The van der Waals surface area contributed by atoms with Gasteiger partial charge in [-0.3, -0.25) is 10.1 Å². The Bertz CT molecular complexity index is 720. The summed E-state index contributed by atoms with van der Waals surface area (Å²) >= 11 is 3.35. The summed E-state index contributed by atoms with van der Waals surface area (Å²) in [5.41, 5.74) is 0.692. The Morgan fingerprint density at radius 1 is 1.36 bits per heavy atom. The topological polar surface area (TPSA) is 93.2 Å². The van der Waals surface area contributed by atoms with Crippen LogP contribution >= 0.6 is 15.9 Å². The molecule has 0 aliphatic carbocycles. The molecule has 0 saturated carbocycles. The lowest BCUT2D eigenvalue weighted by atomic mass is 10.2. The number of aromatic nitrogens is 2. The monoisotopic (exact) mass is 364 g/mol. The van der Waals surface area contributed by atoms with Crippen LogP contribution in [0.3, 0.4) is 0 Å². The van der Waals surface area contributed by atoms with E-state index < -0.39 is 11.9 Å². The van der Waals surface area contributed by atoms with Crippen molar-refractivity contribution in [3.8, 4) is 5.88 Å². The number of rotatable bonds is 5. The molecule has 0 spiro atoms. The molecule has 0 aliphatic rings. The number of fused-ring (bicyclic) bond motifs is 1. The van der Waals surface area contributed by atoms with Crippen molar-refractivity contribution in [2.75, 3.05) is 13.2 Å². The lowest BCUT2D eigenvalue weighted by Gasteiger charge is -2.08. The summed E-state index contributed by atoms with van der Waals surface area (Å²) < 4.78 is 6.20. The lowest BCUT2D eigenvalue weighted by Crippen LogP contribution is -2.41. The molecule has 1 aromatic carbocycles. The van der Waals surface area contributed by atoms with E-state index in [9.17, 15) is 9.59 Å². The van der Waals surface area contributed by atoms with Gasteiger partial charge in [0.15, 0.2) is 6.61 Å². The number of hydrogen-bond acceptors (Lipinski definition) is 5. The van der Waals surface area contributed by atoms with Gasteiger partial charge in [-0.1, -0.05) is 22.0 Å². The first-order valence-corrected chi connectivity index (χ1v) is 7.11. The molecule has 0 aliphatic heterocycles. The Kier molecular flexibility index (Phi) is 5.42. The number of nitrogens with zero attached hydrogens (tertiary/aromatic N) is 2. The molecule has 22 heavy (non-hydrogen) atoms. The maximum atomic E-state index is 11.6. The fourth-order valence-electron chi connectivity index (χ4n) is 1.63. The van der Waals surface area contributed by atoms with Crippen LogP contribution in [0.5, 0.6) is 5.88 Å². The Balaban J connectivity index is 1.99. The first kappa shape index (κ1) is 15.9. The number of imide groups is 1. The van der Waals surface area contributed by atoms with E-state index in [4.69, 9.17) is 4.74 Å². The Morgan fingerprint density at radius 3 is 2.95 bits per heavy atom. The standard InChI is InChI=1S/C14H13BrN4O3/c1-2-5-16-14(21)19-12(20)7-22-13-10-6-9(15)3-4-11(10)17-8-18-13/h2-4,6,8H,1,5,7H2,(H2,16,19,20,21). The lowest BCUT2D eigenvalue weighted by molar-refractivity contribution is -0.122. The summed E-state index contributed by atoms with van der Waals surface area (Å²) in [7, 11) is 0. The van der Waals surface area contributed by atoms with Gasteiger partial charge >= 0.3 is 6.03 Å². The van der Waals surface area contributed by atoms with E-state index in [0.717, 1.165) is 4.47 Å². The highest BCUT2D eigenvalue weighted by Gasteiger charge is 2.10. The van der Waals surface area contributed by atoms with Crippen molar-refractivity contribution in [2.24, 2.45) is 0 Å². The molecule has 0 bridgehead atoms. The van der Waals surface area contributed by atoms with Crippen molar-refractivity contribution in [3.05, 3.63) is 41.7 Å². The predicted molar refractivity (Wildman–Crippen MR) is 84.5 cm³/mol. The van der Waals surface area contributed by atoms with E-state index in [2.05, 4.69) is 43.1 Å². The number of amides is 3. The third-order valence-corrected chi connectivity index (χ3v) is 3.05. The number of carbonyl (C=O) groups is 2. The molecule has 1 heterocycles. The zero-order valence-corrected chi connectivity index (χ0v) is 13.1. The maximum absolute atomic E-state index is 11.6. The van der Waals surface area contributed by atoms with E-state index in [1.807, 2.05) is 6.07 Å². The number of benzene rings is 1. The minimum atomic E-state index is -0.608. The van der Waals surface area contributed by atoms with Gasteiger partial charge in [0.05, 0.1) is 10.9 Å². The SMILES string of the molecule is C=CCNC(=O)NC(=O)COc1ncnc2ccc(Br)cc12. The average Bonchev–Trinajstić information content (AvgIpc) is 2.50. The van der Waals surface area contributed by atoms with E-state index in [0.29, 0.717) is 10.9 Å². The highest BCUT2D eigenvalue weighted by atomic mass is 79.9. The second-order valence-corrected chi connectivity index (χ2v) is 5.09. The van der Waals surface area contributed by atoms with Crippen LogP contribution < -0.4 is 15.4 Å². The Labute approximate surface area is 134 Å². The maximum Gasteiger partial charge on any atom is 0.321 e. The van der Waals surface area contributed by atoms with Crippen molar-refractivity contribution < 1.29 is 14.3 Å². The Morgan fingerprint density at radius 2 is 2.18 bits per heavy atom. The normalized spacial score (nSPS) is 10.0. The molecule has 1 aromatic heterocycles. The van der Waals surface area contributed by atoms with Crippen LogP contribution in [-0.2, 0) is 4.79 Å². The van der Waals surface area contributed by atoms with E-state index in [1.165, 1.54) is 12.4 Å². The van der Waals surface area contributed by atoms with E-state index >= 15 is 0 Å². The molecule has 0 saturated heterocycles. The number of carbonyl (C=O) groups excluding carboxylic acids is 2. The molecule has 0 unspecified atom stereocenters.